The number of carbonyl (C=O) groups is 1. The van der Waals surface area contributed by atoms with Gasteiger partial charge in [0.1, 0.15) is 10.6 Å². The van der Waals surface area contributed by atoms with Gasteiger partial charge in [-0.05, 0) is 57.2 Å². The number of hydrogen-bond donors (Lipinski definition) is 2. The third-order valence-electron chi connectivity index (χ3n) is 5.25. The number of sulfonamides is 1. The number of nitrogens with one attached hydrogen (secondary N) is 2. The van der Waals surface area contributed by atoms with Gasteiger partial charge in [0.05, 0.1) is 0 Å². The molecule has 1 aliphatic rings. The van der Waals surface area contributed by atoms with Crippen molar-refractivity contribution in [3.05, 3.63) is 46.8 Å². The predicted molar refractivity (Wildman–Crippen MR) is 107 cm³/mol. The second-order valence-electron chi connectivity index (χ2n) is 7.49. The van der Waals surface area contributed by atoms with Crippen LogP contribution in [-0.2, 0) is 10.0 Å². The maximum atomic E-state index is 13.1. The molecule has 1 fully saturated rings. The smallest absolute Gasteiger partial charge is 0.272 e. The van der Waals surface area contributed by atoms with Crippen LogP contribution < -0.4 is 5.32 Å². The summed E-state index contributed by atoms with van der Waals surface area (Å²) in [7, 11) is -3.62. The number of anilines is 1. The van der Waals surface area contributed by atoms with E-state index in [0.717, 1.165) is 18.4 Å². The molecule has 1 aromatic carbocycles. The van der Waals surface area contributed by atoms with Crippen molar-refractivity contribution in [3.63, 3.8) is 0 Å². The minimum atomic E-state index is -3.62. The molecule has 7 heteroatoms. The van der Waals surface area contributed by atoms with E-state index >= 15 is 0 Å². The zero-order chi connectivity index (χ0) is 19.8. The lowest BCUT2D eigenvalue weighted by Gasteiger charge is -2.29. The molecule has 2 N–H and O–H groups in total. The van der Waals surface area contributed by atoms with Crippen LogP contribution in [0.1, 0.15) is 47.1 Å². The van der Waals surface area contributed by atoms with E-state index in [2.05, 4.69) is 17.2 Å². The largest absolute Gasteiger partial charge is 0.353 e. The average Bonchev–Trinajstić information content (AvgIpc) is 2.92. The quantitative estimate of drug-likeness (QED) is 0.838. The Morgan fingerprint density at radius 3 is 2.30 bits per heavy atom. The van der Waals surface area contributed by atoms with Crippen molar-refractivity contribution in [2.45, 2.75) is 45.4 Å². The fourth-order valence-electron chi connectivity index (χ4n) is 3.53. The Morgan fingerprint density at radius 2 is 1.70 bits per heavy atom. The van der Waals surface area contributed by atoms with Crippen molar-refractivity contribution in [1.82, 2.24) is 9.29 Å². The van der Waals surface area contributed by atoms with Gasteiger partial charge >= 0.3 is 0 Å². The normalized spacial score (nSPS) is 16.4. The van der Waals surface area contributed by atoms with Crippen molar-refractivity contribution in [2.75, 3.05) is 18.4 Å². The minimum Gasteiger partial charge on any atom is -0.353 e. The molecule has 27 heavy (non-hydrogen) atoms. The molecule has 146 valence electrons. The van der Waals surface area contributed by atoms with E-state index in [0.29, 0.717) is 36.0 Å². The average molecular weight is 390 g/mol. The Kier molecular flexibility index (Phi) is 5.44. The van der Waals surface area contributed by atoms with Crippen molar-refractivity contribution in [2.24, 2.45) is 5.92 Å². The standard InChI is InChI=1S/C20H27N3O3S/c1-13-5-7-17(8-6-13)22-20(24)18-15(3)19(16(4)21-18)27(25,26)23-11-9-14(2)10-12-23/h5-8,14,21H,9-12H2,1-4H3,(H,22,24). The summed E-state index contributed by atoms with van der Waals surface area (Å²) in [5.74, 6) is 0.203. The number of aromatic nitrogens is 1. The maximum Gasteiger partial charge on any atom is 0.272 e. The monoisotopic (exact) mass is 389 g/mol. The molecule has 0 unspecified atom stereocenters. The molecule has 0 bridgehead atoms. The Balaban J connectivity index is 1.87. The number of carbonyl (C=O) groups excluding carboxylic acids is 1. The number of nitrogens with zero attached hydrogens (tertiary/aromatic N) is 1. The highest BCUT2D eigenvalue weighted by atomic mass is 32.2. The molecule has 1 aliphatic heterocycles. The van der Waals surface area contributed by atoms with Gasteiger partial charge in [0.15, 0.2) is 0 Å². The third kappa shape index (κ3) is 3.94. The molecule has 0 spiro atoms. The van der Waals surface area contributed by atoms with E-state index in [4.69, 9.17) is 0 Å². The number of aryl methyl sites for hydroxylation is 2. The third-order valence-corrected chi connectivity index (χ3v) is 7.42. The molecular formula is C20H27N3O3S. The van der Waals surface area contributed by atoms with Crippen molar-refractivity contribution >= 4 is 21.6 Å². The van der Waals surface area contributed by atoms with Gasteiger partial charge in [-0.2, -0.15) is 4.31 Å². The van der Waals surface area contributed by atoms with Gasteiger partial charge in [-0.15, -0.1) is 0 Å². The molecule has 0 atom stereocenters. The van der Waals surface area contributed by atoms with E-state index < -0.39 is 10.0 Å². The first kappa shape index (κ1) is 19.6. The van der Waals surface area contributed by atoms with Gasteiger partial charge in [-0.3, -0.25) is 4.79 Å². The second-order valence-corrected chi connectivity index (χ2v) is 9.36. The molecule has 0 radical (unpaired) electrons. The highest BCUT2D eigenvalue weighted by molar-refractivity contribution is 7.89. The summed E-state index contributed by atoms with van der Waals surface area (Å²) >= 11 is 0. The number of hydrogen-bond acceptors (Lipinski definition) is 3. The topological polar surface area (TPSA) is 82.3 Å². The zero-order valence-electron chi connectivity index (χ0n) is 16.3. The number of H-pyrrole nitrogens is 1. The van der Waals surface area contributed by atoms with Gasteiger partial charge < -0.3 is 10.3 Å². The van der Waals surface area contributed by atoms with Crippen molar-refractivity contribution in [1.29, 1.82) is 0 Å². The SMILES string of the molecule is Cc1ccc(NC(=O)c2[nH]c(C)c(S(=O)(=O)N3CCC(C)CC3)c2C)cc1. The molecule has 6 nitrogen and oxygen atoms in total. The Labute approximate surface area is 161 Å². The highest BCUT2D eigenvalue weighted by Crippen LogP contribution is 2.29. The van der Waals surface area contributed by atoms with E-state index in [1.165, 1.54) is 4.31 Å². The van der Waals surface area contributed by atoms with Crippen molar-refractivity contribution in [3.8, 4) is 0 Å². The van der Waals surface area contributed by atoms with Gasteiger partial charge in [0, 0.05) is 24.5 Å². The molecule has 1 amide bonds. The number of piperidine rings is 1. The van der Waals surface area contributed by atoms with Crippen LogP contribution >= 0.6 is 0 Å². The van der Waals surface area contributed by atoms with Crippen LogP contribution in [0.15, 0.2) is 29.2 Å². The van der Waals surface area contributed by atoms with E-state index in [-0.39, 0.29) is 16.5 Å². The summed E-state index contributed by atoms with van der Waals surface area (Å²) in [4.78, 5) is 15.9. The van der Waals surface area contributed by atoms with Crippen LogP contribution in [0.5, 0.6) is 0 Å². The lowest BCUT2D eigenvalue weighted by atomic mass is 10.0. The Bertz CT molecular complexity index is 938. The van der Waals surface area contributed by atoms with Crippen LogP contribution in [0.4, 0.5) is 5.69 Å². The lowest BCUT2D eigenvalue weighted by Crippen LogP contribution is -2.38. The van der Waals surface area contributed by atoms with Crippen LogP contribution in [0.3, 0.4) is 0 Å². The summed E-state index contributed by atoms with van der Waals surface area (Å²) in [6.45, 7) is 8.56. The summed E-state index contributed by atoms with van der Waals surface area (Å²) in [5.41, 5.74) is 3.03. The summed E-state index contributed by atoms with van der Waals surface area (Å²) in [6.07, 6.45) is 1.73. The number of benzene rings is 1. The van der Waals surface area contributed by atoms with E-state index in [1.54, 1.807) is 13.8 Å². The van der Waals surface area contributed by atoms with Crippen LogP contribution in [-0.4, -0.2) is 36.7 Å². The highest BCUT2D eigenvalue weighted by Gasteiger charge is 2.33. The van der Waals surface area contributed by atoms with Gasteiger partial charge in [-0.25, -0.2) is 8.42 Å². The lowest BCUT2D eigenvalue weighted by molar-refractivity contribution is 0.102. The molecule has 2 heterocycles. The molecular weight excluding hydrogens is 362 g/mol. The van der Waals surface area contributed by atoms with Crippen LogP contribution in [0, 0.1) is 26.7 Å². The van der Waals surface area contributed by atoms with E-state index in [1.807, 2.05) is 31.2 Å². The molecule has 0 saturated carbocycles. The maximum absolute atomic E-state index is 13.1. The molecule has 2 aromatic rings. The van der Waals surface area contributed by atoms with Crippen LogP contribution in [0.25, 0.3) is 0 Å². The first-order chi connectivity index (χ1) is 12.7. The second kappa shape index (κ2) is 7.48. The van der Waals surface area contributed by atoms with Gasteiger partial charge in [-0.1, -0.05) is 24.6 Å². The fraction of sp³-hybridized carbons (Fsp3) is 0.450. The van der Waals surface area contributed by atoms with E-state index in [9.17, 15) is 13.2 Å². The minimum absolute atomic E-state index is 0.228. The number of amides is 1. The zero-order valence-corrected chi connectivity index (χ0v) is 17.1. The van der Waals surface area contributed by atoms with Gasteiger partial charge in [0.25, 0.3) is 5.91 Å². The van der Waals surface area contributed by atoms with Gasteiger partial charge in [0.2, 0.25) is 10.0 Å². The summed E-state index contributed by atoms with van der Waals surface area (Å²) < 4.78 is 27.8. The molecule has 3 rings (SSSR count). The predicted octanol–water partition coefficient (Wildman–Crippen LogP) is 3.61. The fourth-order valence-corrected chi connectivity index (χ4v) is 5.41. The Morgan fingerprint density at radius 1 is 1.11 bits per heavy atom. The molecule has 0 aliphatic carbocycles. The first-order valence-electron chi connectivity index (χ1n) is 9.27. The summed E-state index contributed by atoms with van der Waals surface area (Å²) in [5, 5.41) is 2.82. The van der Waals surface area contributed by atoms with Crippen molar-refractivity contribution < 1.29 is 13.2 Å². The Hall–Kier alpha value is -2.12. The molecule has 1 saturated heterocycles. The van der Waals surface area contributed by atoms with Crippen LogP contribution in [0.2, 0.25) is 0 Å². The number of aromatic amines is 1. The summed E-state index contributed by atoms with van der Waals surface area (Å²) in [6, 6.07) is 7.47. The first-order valence-corrected chi connectivity index (χ1v) is 10.7. The molecule has 1 aromatic heterocycles. The number of rotatable bonds is 4.